The predicted molar refractivity (Wildman–Crippen MR) is 94.2 cm³/mol. The van der Waals surface area contributed by atoms with Crippen LogP contribution in [0, 0.1) is 0 Å². The fourth-order valence-electron chi connectivity index (χ4n) is 1.70. The number of nitrogens with one attached hydrogen (secondary N) is 1. The number of sulfonamides is 1. The zero-order chi connectivity index (χ0) is 16.7. The molecule has 0 amide bonds. The molecule has 2 rings (SSSR count). The maximum atomic E-state index is 12.1. The molecule has 23 heavy (non-hydrogen) atoms. The number of hydrogen-bond acceptors (Lipinski definition) is 4. The number of para-hydroxylation sites is 1. The molecule has 0 aliphatic rings. The van der Waals surface area contributed by atoms with Gasteiger partial charge < -0.3 is 4.74 Å². The van der Waals surface area contributed by atoms with E-state index >= 15 is 0 Å². The molecule has 0 spiro atoms. The van der Waals surface area contributed by atoms with Gasteiger partial charge in [-0.25, -0.2) is 4.83 Å². The van der Waals surface area contributed by atoms with Gasteiger partial charge in [-0.05, 0) is 36.4 Å². The molecule has 0 atom stereocenters. The number of halogens is 1. The van der Waals surface area contributed by atoms with E-state index in [0.29, 0.717) is 17.9 Å². The summed E-state index contributed by atoms with van der Waals surface area (Å²) < 4.78 is 30.5. The Morgan fingerprint density at radius 1 is 1.17 bits per heavy atom. The third-order valence-electron chi connectivity index (χ3n) is 2.78. The number of nitrogens with zero attached hydrogens (tertiary/aromatic N) is 1. The Labute approximate surface area is 143 Å². The van der Waals surface area contributed by atoms with E-state index in [1.165, 1.54) is 18.3 Å². The molecule has 0 bridgehead atoms. The van der Waals surface area contributed by atoms with E-state index < -0.39 is 10.0 Å². The van der Waals surface area contributed by atoms with Crippen molar-refractivity contribution in [1.29, 1.82) is 0 Å². The Morgan fingerprint density at radius 2 is 1.87 bits per heavy atom. The van der Waals surface area contributed by atoms with Gasteiger partial charge >= 0.3 is 0 Å². The van der Waals surface area contributed by atoms with Crippen LogP contribution in [0.15, 0.2) is 75.7 Å². The lowest BCUT2D eigenvalue weighted by molar-refractivity contribution is 0.362. The van der Waals surface area contributed by atoms with Crippen LogP contribution in [0.3, 0.4) is 0 Å². The molecule has 0 heterocycles. The Kier molecular flexibility index (Phi) is 5.95. The normalized spacial score (nSPS) is 11.3. The highest BCUT2D eigenvalue weighted by molar-refractivity contribution is 9.10. The van der Waals surface area contributed by atoms with Crippen molar-refractivity contribution in [1.82, 2.24) is 4.83 Å². The summed E-state index contributed by atoms with van der Waals surface area (Å²) in [5.74, 6) is 0.596. The smallest absolute Gasteiger partial charge is 0.276 e. The van der Waals surface area contributed by atoms with Crippen molar-refractivity contribution >= 4 is 32.2 Å². The van der Waals surface area contributed by atoms with Gasteiger partial charge in [0.2, 0.25) is 0 Å². The van der Waals surface area contributed by atoms with E-state index in [2.05, 4.69) is 32.4 Å². The molecule has 5 nitrogen and oxygen atoms in total. The number of benzene rings is 2. The summed E-state index contributed by atoms with van der Waals surface area (Å²) in [4.78, 5) is 2.31. The van der Waals surface area contributed by atoms with Crippen LogP contribution in [0.2, 0.25) is 0 Å². The second-order valence-corrected chi connectivity index (χ2v) is 7.02. The minimum atomic E-state index is -3.70. The zero-order valence-corrected chi connectivity index (χ0v) is 14.5. The molecular weight excluding hydrogens is 380 g/mol. The SMILES string of the molecule is C=CCOc1ccccc1/C=N\NS(=O)(=O)c1ccc(Br)cc1. The number of hydrogen-bond donors (Lipinski definition) is 1. The maximum Gasteiger partial charge on any atom is 0.276 e. The van der Waals surface area contributed by atoms with E-state index in [0.717, 1.165) is 4.47 Å². The first-order valence-corrected chi connectivity index (χ1v) is 8.94. The van der Waals surface area contributed by atoms with Crippen molar-refractivity contribution in [2.75, 3.05) is 6.61 Å². The van der Waals surface area contributed by atoms with Gasteiger partial charge in [0.1, 0.15) is 12.4 Å². The van der Waals surface area contributed by atoms with Crippen LogP contribution in [0.25, 0.3) is 0 Å². The van der Waals surface area contributed by atoms with Crippen molar-refractivity contribution in [3.05, 3.63) is 71.2 Å². The number of rotatable bonds is 7. The van der Waals surface area contributed by atoms with Gasteiger partial charge in [-0.3, -0.25) is 0 Å². The fourth-order valence-corrected chi connectivity index (χ4v) is 2.75. The minimum Gasteiger partial charge on any atom is -0.489 e. The van der Waals surface area contributed by atoms with Crippen molar-refractivity contribution in [2.24, 2.45) is 5.10 Å². The summed E-state index contributed by atoms with van der Waals surface area (Å²) in [5, 5.41) is 3.80. The Balaban J connectivity index is 2.12. The molecule has 120 valence electrons. The maximum absolute atomic E-state index is 12.1. The summed E-state index contributed by atoms with van der Waals surface area (Å²) in [7, 11) is -3.70. The van der Waals surface area contributed by atoms with E-state index in [1.807, 2.05) is 12.1 Å². The number of ether oxygens (including phenoxy) is 1. The highest BCUT2D eigenvalue weighted by atomic mass is 79.9. The molecule has 0 saturated carbocycles. The van der Waals surface area contributed by atoms with E-state index in [1.54, 1.807) is 30.3 Å². The van der Waals surface area contributed by atoms with E-state index in [9.17, 15) is 8.42 Å². The average Bonchev–Trinajstić information content (AvgIpc) is 2.54. The van der Waals surface area contributed by atoms with Gasteiger partial charge in [0, 0.05) is 10.0 Å². The Bertz CT molecular complexity index is 802. The van der Waals surface area contributed by atoms with Crippen molar-refractivity contribution in [3.8, 4) is 5.75 Å². The van der Waals surface area contributed by atoms with E-state index in [-0.39, 0.29) is 4.90 Å². The average molecular weight is 395 g/mol. The monoisotopic (exact) mass is 394 g/mol. The summed E-state index contributed by atoms with van der Waals surface area (Å²) in [6.07, 6.45) is 3.03. The fraction of sp³-hybridized carbons (Fsp3) is 0.0625. The molecule has 0 radical (unpaired) electrons. The lowest BCUT2D eigenvalue weighted by atomic mass is 10.2. The van der Waals surface area contributed by atoms with Crippen LogP contribution in [0.4, 0.5) is 0 Å². The van der Waals surface area contributed by atoms with Crippen molar-refractivity contribution in [2.45, 2.75) is 4.90 Å². The topological polar surface area (TPSA) is 67.8 Å². The molecule has 2 aromatic carbocycles. The molecular formula is C16H15BrN2O3S. The third-order valence-corrected chi connectivity index (χ3v) is 4.54. The first-order valence-electron chi connectivity index (χ1n) is 6.66. The Morgan fingerprint density at radius 3 is 2.57 bits per heavy atom. The first kappa shape index (κ1) is 17.2. The highest BCUT2D eigenvalue weighted by Crippen LogP contribution is 2.16. The summed E-state index contributed by atoms with van der Waals surface area (Å²) in [6, 6.07) is 13.5. The summed E-state index contributed by atoms with van der Waals surface area (Å²) in [5.41, 5.74) is 0.660. The second kappa shape index (κ2) is 7.94. The first-order chi connectivity index (χ1) is 11.0. The largest absolute Gasteiger partial charge is 0.489 e. The second-order valence-electron chi connectivity index (χ2n) is 4.44. The van der Waals surface area contributed by atoms with Crippen LogP contribution < -0.4 is 9.57 Å². The van der Waals surface area contributed by atoms with Crippen LogP contribution in [0.1, 0.15) is 5.56 Å². The van der Waals surface area contributed by atoms with Crippen molar-refractivity contribution < 1.29 is 13.2 Å². The summed E-state index contributed by atoms with van der Waals surface area (Å²) in [6.45, 7) is 3.94. The van der Waals surface area contributed by atoms with Gasteiger partial charge in [-0.2, -0.15) is 13.5 Å². The van der Waals surface area contributed by atoms with Crippen molar-refractivity contribution in [3.63, 3.8) is 0 Å². The molecule has 0 aliphatic heterocycles. The molecule has 0 saturated heterocycles. The molecule has 0 aliphatic carbocycles. The van der Waals surface area contributed by atoms with Gasteiger partial charge in [0.05, 0.1) is 11.1 Å². The standard InChI is InChI=1S/C16H15BrN2O3S/c1-2-11-22-16-6-4-3-5-13(16)12-18-19-23(20,21)15-9-7-14(17)8-10-15/h2-10,12,19H,1,11H2/b18-12-. The van der Waals surface area contributed by atoms with Crippen LogP contribution in [0.5, 0.6) is 5.75 Å². The number of hydrazone groups is 1. The molecule has 0 fully saturated rings. The van der Waals surface area contributed by atoms with Gasteiger partial charge in [0.25, 0.3) is 10.0 Å². The van der Waals surface area contributed by atoms with Gasteiger partial charge in [-0.1, -0.05) is 40.7 Å². The predicted octanol–water partition coefficient (Wildman–Crippen LogP) is 3.33. The summed E-state index contributed by atoms with van der Waals surface area (Å²) >= 11 is 3.26. The van der Waals surface area contributed by atoms with Crippen LogP contribution in [-0.2, 0) is 10.0 Å². The quantitative estimate of drug-likeness (QED) is 0.444. The van der Waals surface area contributed by atoms with Gasteiger partial charge in [0.15, 0.2) is 0 Å². The molecule has 0 unspecified atom stereocenters. The zero-order valence-electron chi connectivity index (χ0n) is 12.1. The van der Waals surface area contributed by atoms with Crippen LogP contribution >= 0.6 is 15.9 Å². The van der Waals surface area contributed by atoms with Crippen LogP contribution in [-0.4, -0.2) is 21.2 Å². The highest BCUT2D eigenvalue weighted by Gasteiger charge is 2.12. The molecule has 0 aromatic heterocycles. The molecule has 7 heteroatoms. The van der Waals surface area contributed by atoms with E-state index in [4.69, 9.17) is 4.74 Å². The lowest BCUT2D eigenvalue weighted by Crippen LogP contribution is -2.18. The molecule has 2 aromatic rings. The minimum absolute atomic E-state index is 0.133. The molecule has 1 N–H and O–H groups in total. The van der Waals surface area contributed by atoms with Gasteiger partial charge in [-0.15, -0.1) is 0 Å². The lowest BCUT2D eigenvalue weighted by Gasteiger charge is -2.06. The third kappa shape index (κ3) is 4.94. The Hall–Kier alpha value is -2.12.